The maximum Gasteiger partial charge on any atom is 0.373 e. The zero-order chi connectivity index (χ0) is 25.9. The van der Waals surface area contributed by atoms with Crippen molar-refractivity contribution < 1.29 is 32.7 Å². The molecule has 5 rings (SSSR count). The Balaban J connectivity index is 1.45. The van der Waals surface area contributed by atoms with Crippen molar-refractivity contribution in [2.24, 2.45) is 0 Å². The first-order valence-electron chi connectivity index (χ1n) is 11.3. The minimum absolute atomic E-state index is 0.0192. The Morgan fingerprint density at radius 2 is 1.81 bits per heavy atom. The smallest absolute Gasteiger partial charge is 0.373 e. The largest absolute Gasteiger partial charge is 0.488 e. The fraction of sp³-hybridized carbons (Fsp3) is 0.107. The average Bonchev–Trinajstić information content (AvgIpc) is 3.49. The van der Waals surface area contributed by atoms with Gasteiger partial charge in [-0.05, 0) is 41.1 Å². The van der Waals surface area contributed by atoms with E-state index >= 15 is 0 Å². The van der Waals surface area contributed by atoms with E-state index in [0.29, 0.717) is 16.9 Å². The Morgan fingerprint density at radius 3 is 2.62 bits per heavy atom. The molecule has 1 aliphatic heterocycles. The lowest BCUT2D eigenvalue weighted by Crippen LogP contribution is -2.30. The number of carbonyl (C=O) groups excluding carboxylic acids is 3. The van der Waals surface area contributed by atoms with E-state index in [2.05, 4.69) is 10.1 Å². The number of urea groups is 1. The van der Waals surface area contributed by atoms with Crippen LogP contribution in [0.4, 0.5) is 9.18 Å². The molecule has 1 aliphatic rings. The van der Waals surface area contributed by atoms with Crippen molar-refractivity contribution >= 4 is 34.8 Å². The van der Waals surface area contributed by atoms with Crippen LogP contribution in [0.3, 0.4) is 0 Å². The number of furan rings is 1. The summed E-state index contributed by atoms with van der Waals surface area (Å²) in [6, 6.07) is 19.7. The first-order valence-corrected chi connectivity index (χ1v) is 11.3. The van der Waals surface area contributed by atoms with E-state index in [0.717, 1.165) is 15.7 Å². The van der Waals surface area contributed by atoms with Gasteiger partial charge in [0.15, 0.2) is 0 Å². The molecule has 0 saturated carbocycles. The Labute approximate surface area is 210 Å². The maximum atomic E-state index is 14.1. The predicted octanol–water partition coefficient (Wildman–Crippen LogP) is 5.03. The molecule has 4 aromatic rings. The number of benzene rings is 3. The second-order valence-corrected chi connectivity index (χ2v) is 8.22. The van der Waals surface area contributed by atoms with Gasteiger partial charge >= 0.3 is 12.0 Å². The molecule has 8 nitrogen and oxygen atoms in total. The average molecular weight is 500 g/mol. The van der Waals surface area contributed by atoms with Crippen molar-refractivity contribution in [3.05, 3.63) is 107 Å². The zero-order valence-corrected chi connectivity index (χ0v) is 19.7. The first-order chi connectivity index (χ1) is 17.9. The zero-order valence-electron chi connectivity index (χ0n) is 19.7. The summed E-state index contributed by atoms with van der Waals surface area (Å²) in [5, 5.41) is 4.27. The molecule has 2 heterocycles. The monoisotopic (exact) mass is 500 g/mol. The van der Waals surface area contributed by atoms with Crippen LogP contribution in [0.2, 0.25) is 0 Å². The van der Waals surface area contributed by atoms with E-state index in [9.17, 15) is 18.8 Å². The van der Waals surface area contributed by atoms with Gasteiger partial charge in [-0.1, -0.05) is 48.5 Å². The van der Waals surface area contributed by atoms with E-state index in [1.165, 1.54) is 25.3 Å². The summed E-state index contributed by atoms with van der Waals surface area (Å²) in [4.78, 5) is 38.4. The molecule has 0 atom stereocenters. The number of hydrogen-bond donors (Lipinski definition) is 1. The van der Waals surface area contributed by atoms with Crippen molar-refractivity contribution in [1.82, 2.24) is 10.2 Å². The van der Waals surface area contributed by atoms with Crippen LogP contribution in [0.25, 0.3) is 16.8 Å². The van der Waals surface area contributed by atoms with E-state index in [1.54, 1.807) is 30.3 Å². The number of carbonyl (C=O) groups is 3. The molecular weight excluding hydrogens is 479 g/mol. The number of rotatable bonds is 7. The molecule has 0 radical (unpaired) electrons. The Morgan fingerprint density at radius 1 is 1.03 bits per heavy atom. The molecule has 0 unspecified atom stereocenters. The first kappa shape index (κ1) is 23.8. The number of methoxy groups -OCH3 is 1. The van der Waals surface area contributed by atoms with Crippen molar-refractivity contribution in [3.8, 4) is 5.75 Å². The number of nitrogens with zero attached hydrogens (tertiary/aromatic N) is 1. The highest BCUT2D eigenvalue weighted by Crippen LogP contribution is 2.32. The summed E-state index contributed by atoms with van der Waals surface area (Å²) in [6.45, 7) is -0.195. The molecule has 3 amide bonds. The van der Waals surface area contributed by atoms with Gasteiger partial charge < -0.3 is 19.2 Å². The molecule has 1 saturated heterocycles. The van der Waals surface area contributed by atoms with Gasteiger partial charge in [0.05, 0.1) is 13.7 Å². The fourth-order valence-electron chi connectivity index (χ4n) is 4.01. The Bertz CT molecular complexity index is 1560. The topological polar surface area (TPSA) is 98.1 Å². The van der Waals surface area contributed by atoms with Crippen molar-refractivity contribution in [1.29, 1.82) is 0 Å². The molecule has 1 N–H and O–H groups in total. The molecule has 0 aliphatic carbocycles. The molecule has 1 aromatic heterocycles. The van der Waals surface area contributed by atoms with Crippen LogP contribution in [0.5, 0.6) is 5.75 Å². The van der Waals surface area contributed by atoms with Crippen LogP contribution in [0, 0.1) is 5.82 Å². The summed E-state index contributed by atoms with van der Waals surface area (Å²) in [5.41, 5.74) is 0.984. The van der Waals surface area contributed by atoms with Gasteiger partial charge in [-0.15, -0.1) is 0 Å². The summed E-state index contributed by atoms with van der Waals surface area (Å²) >= 11 is 0. The minimum Gasteiger partial charge on any atom is -0.488 e. The third kappa shape index (κ3) is 4.79. The molecule has 37 heavy (non-hydrogen) atoms. The van der Waals surface area contributed by atoms with Gasteiger partial charge in [0.2, 0.25) is 5.76 Å². The number of imide groups is 1. The molecule has 186 valence electrons. The highest BCUT2D eigenvalue weighted by atomic mass is 19.1. The van der Waals surface area contributed by atoms with Gasteiger partial charge in [0.25, 0.3) is 5.91 Å². The third-order valence-electron chi connectivity index (χ3n) is 5.88. The molecule has 0 bridgehead atoms. The fourth-order valence-corrected chi connectivity index (χ4v) is 4.01. The van der Waals surface area contributed by atoms with Crippen LogP contribution in [-0.2, 0) is 22.7 Å². The summed E-state index contributed by atoms with van der Waals surface area (Å²) in [5.74, 6) is -0.997. The number of hydrogen-bond acceptors (Lipinski definition) is 6. The Kier molecular flexibility index (Phi) is 6.42. The van der Waals surface area contributed by atoms with Crippen molar-refractivity contribution in [2.75, 3.05) is 7.11 Å². The van der Waals surface area contributed by atoms with Crippen LogP contribution in [0.1, 0.15) is 27.4 Å². The number of amides is 3. The second kappa shape index (κ2) is 9.98. The van der Waals surface area contributed by atoms with Crippen LogP contribution >= 0.6 is 0 Å². The number of halogens is 1. The van der Waals surface area contributed by atoms with E-state index in [-0.39, 0.29) is 36.2 Å². The standard InChI is InChI=1S/C28H21FN2O6/c1-35-27(33)25-13-11-19(37-25)15-31-26(32)23(30-28(31)34)14-21-20-8-4-2-6-17(20)10-12-24(21)36-16-18-7-3-5-9-22(18)29/h2-14H,15-16H2,1H3,(H,30,34). The highest BCUT2D eigenvalue weighted by Gasteiger charge is 2.34. The van der Waals surface area contributed by atoms with E-state index in [4.69, 9.17) is 9.15 Å². The normalized spacial score (nSPS) is 14.3. The van der Waals surface area contributed by atoms with Gasteiger partial charge in [0.1, 0.15) is 29.6 Å². The van der Waals surface area contributed by atoms with Crippen molar-refractivity contribution in [3.63, 3.8) is 0 Å². The lowest BCUT2D eigenvalue weighted by Gasteiger charge is -2.13. The minimum atomic E-state index is -0.664. The highest BCUT2D eigenvalue weighted by molar-refractivity contribution is 6.14. The number of nitrogens with one attached hydrogen (secondary N) is 1. The second-order valence-electron chi connectivity index (χ2n) is 8.22. The molecule has 3 aromatic carbocycles. The maximum absolute atomic E-state index is 14.1. The molecule has 9 heteroatoms. The van der Waals surface area contributed by atoms with E-state index in [1.807, 2.05) is 30.3 Å². The summed E-state index contributed by atoms with van der Waals surface area (Å²) < 4.78 is 30.1. The third-order valence-corrected chi connectivity index (χ3v) is 5.88. The number of ether oxygens (including phenoxy) is 2. The number of fused-ring (bicyclic) bond motifs is 1. The van der Waals surface area contributed by atoms with Crippen molar-refractivity contribution in [2.45, 2.75) is 13.2 Å². The Hall–Kier alpha value is -4.92. The summed E-state index contributed by atoms with van der Waals surface area (Å²) in [6.07, 6.45) is 1.54. The van der Waals surface area contributed by atoms with Gasteiger partial charge in [-0.25, -0.2) is 14.0 Å². The SMILES string of the molecule is COC(=O)c1ccc(CN2C(=O)NC(=Cc3c(OCc4ccccc4F)ccc4ccccc34)C2=O)o1. The summed E-state index contributed by atoms with van der Waals surface area (Å²) in [7, 11) is 1.22. The molecule has 1 fully saturated rings. The predicted molar refractivity (Wildman–Crippen MR) is 132 cm³/mol. The van der Waals surface area contributed by atoms with Crippen LogP contribution < -0.4 is 10.1 Å². The lowest BCUT2D eigenvalue weighted by molar-refractivity contribution is -0.123. The van der Waals surface area contributed by atoms with Gasteiger partial charge in [0, 0.05) is 11.1 Å². The number of esters is 1. The lowest BCUT2D eigenvalue weighted by atomic mass is 10.0. The van der Waals surface area contributed by atoms with Gasteiger partial charge in [-0.2, -0.15) is 0 Å². The van der Waals surface area contributed by atoms with Gasteiger partial charge in [-0.3, -0.25) is 9.69 Å². The van der Waals surface area contributed by atoms with E-state index < -0.39 is 17.9 Å². The molecule has 0 spiro atoms. The van der Waals surface area contributed by atoms with Crippen LogP contribution in [-0.4, -0.2) is 29.9 Å². The van der Waals surface area contributed by atoms with Crippen LogP contribution in [0.15, 0.2) is 82.9 Å². The molecular formula is C28H21FN2O6. The quantitative estimate of drug-likeness (QED) is 0.217.